The van der Waals surface area contributed by atoms with Crippen LogP contribution in [0.5, 0.6) is 0 Å². The first-order valence-electron chi connectivity index (χ1n) is 6.86. The Balaban J connectivity index is 3.28. The van der Waals surface area contributed by atoms with Crippen LogP contribution in [0.1, 0.15) is 26.3 Å². The summed E-state index contributed by atoms with van der Waals surface area (Å²) in [5.41, 5.74) is 1.23. The lowest BCUT2D eigenvalue weighted by molar-refractivity contribution is -0.138. The summed E-state index contributed by atoms with van der Waals surface area (Å²) in [4.78, 5) is 15.9. The Morgan fingerprint density at radius 1 is 1.55 bits per heavy atom. The van der Waals surface area contributed by atoms with Crippen LogP contribution in [0.25, 0.3) is 0 Å². The number of esters is 1. The van der Waals surface area contributed by atoms with Crippen molar-refractivity contribution in [3.63, 3.8) is 0 Å². The normalized spacial score (nSPS) is 11.5. The minimum Gasteiger partial charge on any atom is -0.462 e. The molecule has 0 aliphatic rings. The zero-order valence-electron chi connectivity index (χ0n) is 13.0. The van der Waals surface area contributed by atoms with Gasteiger partial charge in [-0.25, -0.2) is 9.78 Å². The quantitative estimate of drug-likeness (QED) is 0.362. The van der Waals surface area contributed by atoms with Gasteiger partial charge in [0.1, 0.15) is 11.9 Å². The van der Waals surface area contributed by atoms with Gasteiger partial charge in [0.05, 0.1) is 12.3 Å². The van der Waals surface area contributed by atoms with Crippen LogP contribution in [0, 0.1) is 18.3 Å². The van der Waals surface area contributed by atoms with Gasteiger partial charge in [-0.05, 0) is 39.3 Å². The topological polar surface area (TPSA) is 87.0 Å². The molecule has 0 saturated heterocycles. The molecule has 0 radical (unpaired) electrons. The molecule has 0 fully saturated rings. The van der Waals surface area contributed by atoms with E-state index in [2.05, 4.69) is 15.6 Å². The number of hydrogen-bond acceptors (Lipinski definition) is 6. The third kappa shape index (κ3) is 4.64. The third-order valence-electron chi connectivity index (χ3n) is 2.64. The number of pyridine rings is 1. The van der Waals surface area contributed by atoms with E-state index in [1.165, 1.54) is 0 Å². The molecule has 22 heavy (non-hydrogen) atoms. The summed E-state index contributed by atoms with van der Waals surface area (Å²) in [5, 5.41) is 15.6. The van der Waals surface area contributed by atoms with Crippen LogP contribution in [0.4, 0.5) is 5.69 Å². The number of rotatable bonds is 6. The molecule has 0 saturated carbocycles. The molecule has 0 unspecified atom stereocenters. The van der Waals surface area contributed by atoms with Gasteiger partial charge in [-0.3, -0.25) is 0 Å². The molecule has 1 rings (SSSR count). The highest BCUT2D eigenvalue weighted by Crippen LogP contribution is 2.24. The van der Waals surface area contributed by atoms with Crippen LogP contribution in [-0.2, 0) is 9.53 Å². The highest BCUT2D eigenvalue weighted by Gasteiger charge is 2.19. The van der Waals surface area contributed by atoms with Crippen molar-refractivity contribution in [3.8, 4) is 6.07 Å². The van der Waals surface area contributed by atoms with Gasteiger partial charge in [0.15, 0.2) is 10.7 Å². The molecule has 1 heterocycles. The smallest absolute Gasteiger partial charge is 0.352 e. The molecule has 0 aliphatic heterocycles. The number of ether oxygens (including phenoxy) is 1. The molecular weight excluding hydrogens is 304 g/mol. The van der Waals surface area contributed by atoms with E-state index in [1.807, 2.05) is 26.8 Å². The van der Waals surface area contributed by atoms with Crippen LogP contribution < -0.4 is 10.6 Å². The monoisotopic (exact) mass is 322 g/mol. The standard InChI is InChI=1S/C15H19ClN4O2/c1-5-22-15(21)11(8-17)14(19-9(2)3)20-12-10(4)6-7-18-13(12)16/h6-7,9,19-20H,5H2,1-4H3/b14-11-. The Hall–Kier alpha value is -2.26. The van der Waals surface area contributed by atoms with Crippen molar-refractivity contribution in [2.75, 3.05) is 11.9 Å². The lowest BCUT2D eigenvalue weighted by Crippen LogP contribution is -2.30. The molecule has 7 heteroatoms. The number of halogens is 1. The molecule has 0 aromatic carbocycles. The number of aryl methyl sites for hydroxylation is 1. The molecule has 0 bridgehead atoms. The van der Waals surface area contributed by atoms with Gasteiger partial charge in [-0.2, -0.15) is 5.26 Å². The van der Waals surface area contributed by atoms with E-state index in [0.29, 0.717) is 5.69 Å². The van der Waals surface area contributed by atoms with Gasteiger partial charge >= 0.3 is 5.97 Å². The summed E-state index contributed by atoms with van der Waals surface area (Å²) < 4.78 is 4.91. The van der Waals surface area contributed by atoms with E-state index in [-0.39, 0.29) is 29.2 Å². The average molecular weight is 323 g/mol. The fraction of sp³-hybridized carbons (Fsp3) is 0.400. The van der Waals surface area contributed by atoms with Crippen LogP contribution >= 0.6 is 11.6 Å². The van der Waals surface area contributed by atoms with Crippen molar-refractivity contribution in [3.05, 3.63) is 34.4 Å². The van der Waals surface area contributed by atoms with Gasteiger partial charge in [0.25, 0.3) is 0 Å². The molecule has 118 valence electrons. The summed E-state index contributed by atoms with van der Waals surface area (Å²) in [6.07, 6.45) is 1.58. The molecule has 0 spiro atoms. The SMILES string of the molecule is CCOC(=O)/C(C#N)=C(\Nc1c(C)ccnc1Cl)NC(C)C. The summed E-state index contributed by atoms with van der Waals surface area (Å²) in [7, 11) is 0. The number of aromatic nitrogens is 1. The van der Waals surface area contributed by atoms with E-state index < -0.39 is 5.97 Å². The van der Waals surface area contributed by atoms with Crippen molar-refractivity contribution in [1.29, 1.82) is 5.26 Å². The van der Waals surface area contributed by atoms with Gasteiger partial charge < -0.3 is 15.4 Å². The molecule has 1 aromatic rings. The summed E-state index contributed by atoms with van der Waals surface area (Å²) in [5.74, 6) is -0.452. The van der Waals surface area contributed by atoms with Crippen LogP contribution in [-0.4, -0.2) is 23.6 Å². The zero-order chi connectivity index (χ0) is 16.7. The van der Waals surface area contributed by atoms with E-state index in [4.69, 9.17) is 16.3 Å². The van der Waals surface area contributed by atoms with Crippen molar-refractivity contribution in [2.45, 2.75) is 33.7 Å². The second kappa shape index (κ2) is 8.25. The Kier molecular flexibility index (Phi) is 6.67. The molecule has 0 atom stereocenters. The number of nitriles is 1. The molecule has 2 N–H and O–H groups in total. The van der Waals surface area contributed by atoms with E-state index in [0.717, 1.165) is 5.56 Å². The summed E-state index contributed by atoms with van der Waals surface area (Å²) >= 11 is 6.08. The number of carbonyl (C=O) groups excluding carboxylic acids is 1. The van der Waals surface area contributed by atoms with Crippen molar-refractivity contribution in [2.24, 2.45) is 0 Å². The summed E-state index contributed by atoms with van der Waals surface area (Å²) in [6.45, 7) is 7.49. The maximum absolute atomic E-state index is 11.9. The maximum atomic E-state index is 11.9. The lowest BCUT2D eigenvalue weighted by Gasteiger charge is -2.19. The predicted molar refractivity (Wildman–Crippen MR) is 85.2 cm³/mol. The number of anilines is 1. The second-order valence-electron chi connectivity index (χ2n) is 4.80. The molecule has 0 amide bonds. The Morgan fingerprint density at radius 2 is 2.23 bits per heavy atom. The fourth-order valence-corrected chi connectivity index (χ4v) is 1.92. The first-order valence-corrected chi connectivity index (χ1v) is 7.24. The molecule has 1 aromatic heterocycles. The van der Waals surface area contributed by atoms with Crippen molar-refractivity contribution in [1.82, 2.24) is 10.3 Å². The lowest BCUT2D eigenvalue weighted by atomic mass is 10.2. The van der Waals surface area contributed by atoms with Crippen LogP contribution in [0.15, 0.2) is 23.7 Å². The fourth-order valence-electron chi connectivity index (χ4n) is 1.67. The maximum Gasteiger partial charge on any atom is 0.352 e. The van der Waals surface area contributed by atoms with Crippen LogP contribution in [0.2, 0.25) is 5.15 Å². The minimum atomic E-state index is -0.696. The van der Waals surface area contributed by atoms with Crippen molar-refractivity contribution < 1.29 is 9.53 Å². The Bertz CT molecular complexity index is 600. The highest BCUT2D eigenvalue weighted by atomic mass is 35.5. The number of carbonyl (C=O) groups is 1. The van der Waals surface area contributed by atoms with E-state index in [9.17, 15) is 10.1 Å². The van der Waals surface area contributed by atoms with Gasteiger partial charge in [-0.15, -0.1) is 0 Å². The third-order valence-corrected chi connectivity index (χ3v) is 2.92. The largest absolute Gasteiger partial charge is 0.462 e. The second-order valence-corrected chi connectivity index (χ2v) is 5.16. The van der Waals surface area contributed by atoms with Crippen molar-refractivity contribution >= 4 is 23.3 Å². The van der Waals surface area contributed by atoms with Gasteiger partial charge in [-0.1, -0.05) is 11.6 Å². The zero-order valence-corrected chi connectivity index (χ0v) is 13.8. The Morgan fingerprint density at radius 3 is 2.73 bits per heavy atom. The molecule has 6 nitrogen and oxygen atoms in total. The predicted octanol–water partition coefficient (Wildman–Crippen LogP) is 2.75. The molecule has 0 aliphatic carbocycles. The first kappa shape index (κ1) is 17.8. The number of nitrogens with zero attached hydrogens (tertiary/aromatic N) is 2. The van der Waals surface area contributed by atoms with Gasteiger partial charge in [0.2, 0.25) is 0 Å². The first-order chi connectivity index (χ1) is 10.4. The van der Waals surface area contributed by atoms with Gasteiger partial charge in [0, 0.05) is 12.2 Å². The van der Waals surface area contributed by atoms with E-state index in [1.54, 1.807) is 19.2 Å². The minimum absolute atomic E-state index is 0.00368. The molecular formula is C15H19ClN4O2. The summed E-state index contributed by atoms with van der Waals surface area (Å²) in [6, 6.07) is 3.64. The highest BCUT2D eigenvalue weighted by molar-refractivity contribution is 6.32. The van der Waals surface area contributed by atoms with E-state index >= 15 is 0 Å². The number of hydrogen-bond donors (Lipinski definition) is 2. The number of nitrogens with one attached hydrogen (secondary N) is 2. The average Bonchev–Trinajstić information content (AvgIpc) is 2.43. The Labute approximate surface area is 135 Å². The van der Waals surface area contributed by atoms with Crippen LogP contribution in [0.3, 0.4) is 0 Å².